The van der Waals surface area contributed by atoms with Crippen molar-refractivity contribution in [3.05, 3.63) is 107 Å². The smallest absolute Gasteiger partial charge is 0.129 e. The first kappa shape index (κ1) is 40.4. The Morgan fingerprint density at radius 3 is 0.738 bits per heavy atom. The number of hydrogen-bond acceptors (Lipinski definition) is 0. The molecule has 234 valence electrons. The maximum Gasteiger partial charge on any atom is 0.129 e. The van der Waals surface area contributed by atoms with Crippen LogP contribution in [0, 0.1) is 0 Å². The summed E-state index contributed by atoms with van der Waals surface area (Å²) in [6, 6.07) is 31.7. The Kier molecular flexibility index (Phi) is 16.7. The van der Waals surface area contributed by atoms with Crippen molar-refractivity contribution in [1.29, 1.82) is 0 Å². The molecule has 4 nitrogen and oxygen atoms in total. The number of likely N-dealkylation sites (N-methyl/N-ethyl adjacent to an activating group) is 4. The highest BCUT2D eigenvalue weighted by atomic mass is 127. The number of piperazine rings is 2. The molecule has 3 aromatic rings. The topological polar surface area (TPSA) is 0 Å². The molecule has 0 aromatic heterocycles. The number of hydrogen-bond donors (Lipinski definition) is 0. The third kappa shape index (κ3) is 11.3. The summed E-state index contributed by atoms with van der Waals surface area (Å²) in [5.41, 5.74) is 5.91. The molecule has 2 aliphatic heterocycles. The van der Waals surface area contributed by atoms with Crippen LogP contribution in [-0.4, -0.2) is 98.5 Å². The van der Waals surface area contributed by atoms with Gasteiger partial charge in [-0.15, -0.1) is 0 Å². The molecule has 2 aliphatic rings. The molecular weight excluding hydrogens is 972 g/mol. The van der Waals surface area contributed by atoms with Crippen molar-refractivity contribution in [2.45, 2.75) is 26.2 Å². The van der Waals surface area contributed by atoms with Gasteiger partial charge in [-0.3, -0.25) is 0 Å². The van der Waals surface area contributed by atoms with Crippen LogP contribution in [-0.2, 0) is 26.2 Å². The van der Waals surface area contributed by atoms with E-state index in [0.29, 0.717) is 0 Å². The largest absolute Gasteiger partial charge is 1.00 e. The fraction of sp³-hybridized carbons (Fsp3) is 0.471. The zero-order valence-corrected chi connectivity index (χ0v) is 34.5. The molecule has 3 aromatic carbocycles. The summed E-state index contributed by atoms with van der Waals surface area (Å²) in [6.45, 7) is 14.6. The van der Waals surface area contributed by atoms with Crippen LogP contribution in [0.5, 0.6) is 0 Å². The molecular formula is C34H50I4N4. The van der Waals surface area contributed by atoms with E-state index in [1.165, 1.54) is 74.6 Å². The summed E-state index contributed by atoms with van der Waals surface area (Å²) in [6.07, 6.45) is 0. The van der Waals surface area contributed by atoms with Crippen molar-refractivity contribution in [2.24, 2.45) is 0 Å². The van der Waals surface area contributed by atoms with Crippen molar-refractivity contribution < 1.29 is 114 Å². The first-order valence-electron chi connectivity index (χ1n) is 14.6. The lowest BCUT2D eigenvalue weighted by Gasteiger charge is -2.46. The van der Waals surface area contributed by atoms with Gasteiger partial charge >= 0.3 is 0 Å². The van der Waals surface area contributed by atoms with E-state index in [1.54, 1.807) is 0 Å². The summed E-state index contributed by atoms with van der Waals surface area (Å²) in [5, 5.41) is 0. The van der Waals surface area contributed by atoms with Crippen LogP contribution in [0.3, 0.4) is 0 Å². The van der Waals surface area contributed by atoms with E-state index in [-0.39, 0.29) is 95.9 Å². The predicted octanol–water partition coefficient (Wildman–Crippen LogP) is -7.08. The van der Waals surface area contributed by atoms with Crippen molar-refractivity contribution in [3.8, 4) is 0 Å². The molecule has 2 fully saturated rings. The van der Waals surface area contributed by atoms with E-state index in [9.17, 15) is 0 Å². The van der Waals surface area contributed by atoms with Gasteiger partial charge in [0, 0.05) is 22.3 Å². The Bertz CT molecular complexity index is 1080. The summed E-state index contributed by atoms with van der Waals surface area (Å²) < 4.78 is 4.65. The summed E-state index contributed by atoms with van der Waals surface area (Å²) in [5.74, 6) is 0. The SMILES string of the molecule is C[N+]1(Cc2ccccc2)CC[N+](C)(Cc2ccc(C[N+]3(C)CC[N+](C)(Cc4ccccc4)CC3)cc2)CC1.[I-].[I-].[I-].[I-]. The minimum absolute atomic E-state index is 0. The van der Waals surface area contributed by atoms with Gasteiger partial charge in [0.15, 0.2) is 0 Å². The van der Waals surface area contributed by atoms with Crippen molar-refractivity contribution >= 4 is 0 Å². The standard InChI is InChI=1S/C34H50N4.4HI/c1-35(27-31-11-7-5-8-12-31)19-23-37(3,24-20-35)29-33-15-17-34(18-16-33)30-38(4)25-21-36(2,22-26-38)28-32-13-9-6-10-14-32;;;;/h5-18H,19-30H2,1-4H3;4*1H/q+4;;;;/p-4. The summed E-state index contributed by atoms with van der Waals surface area (Å²) in [4.78, 5) is 0. The van der Waals surface area contributed by atoms with Crippen LogP contribution in [0.1, 0.15) is 22.3 Å². The van der Waals surface area contributed by atoms with E-state index in [4.69, 9.17) is 0 Å². The monoisotopic (exact) mass is 1020 g/mol. The van der Waals surface area contributed by atoms with Crippen LogP contribution in [0.2, 0.25) is 0 Å². The fourth-order valence-corrected chi connectivity index (χ4v) is 6.69. The van der Waals surface area contributed by atoms with Crippen LogP contribution in [0.15, 0.2) is 84.9 Å². The lowest BCUT2D eigenvalue weighted by molar-refractivity contribution is -1.03. The molecule has 0 amide bonds. The zero-order chi connectivity index (χ0) is 26.7. The summed E-state index contributed by atoms with van der Waals surface area (Å²) in [7, 11) is 9.81. The molecule has 42 heavy (non-hydrogen) atoms. The Balaban J connectivity index is 0.00000220. The molecule has 8 heteroatoms. The third-order valence-corrected chi connectivity index (χ3v) is 9.68. The number of rotatable bonds is 8. The molecule has 0 radical (unpaired) electrons. The zero-order valence-electron chi connectivity index (χ0n) is 25.9. The second-order valence-electron chi connectivity index (χ2n) is 13.7. The number of quaternary nitrogens is 4. The molecule has 0 aliphatic carbocycles. The average Bonchev–Trinajstić information content (AvgIpc) is 2.91. The van der Waals surface area contributed by atoms with Gasteiger partial charge in [-0.2, -0.15) is 0 Å². The quantitative estimate of drug-likeness (QED) is 0.156. The number of benzene rings is 3. The number of halogens is 4. The van der Waals surface area contributed by atoms with Crippen molar-refractivity contribution in [1.82, 2.24) is 0 Å². The second kappa shape index (κ2) is 17.4. The molecule has 2 heterocycles. The van der Waals surface area contributed by atoms with E-state index in [1.807, 2.05) is 0 Å². The molecule has 0 bridgehead atoms. The van der Waals surface area contributed by atoms with E-state index in [0.717, 1.165) is 44.1 Å². The van der Waals surface area contributed by atoms with Gasteiger partial charge in [0.2, 0.25) is 0 Å². The molecule has 0 atom stereocenters. The average molecular weight is 1020 g/mol. The van der Waals surface area contributed by atoms with E-state index in [2.05, 4.69) is 113 Å². The highest BCUT2D eigenvalue weighted by Gasteiger charge is 2.38. The Morgan fingerprint density at radius 1 is 0.333 bits per heavy atom. The first-order valence-corrected chi connectivity index (χ1v) is 14.6. The maximum absolute atomic E-state index is 2.46. The highest BCUT2D eigenvalue weighted by Crippen LogP contribution is 2.25. The van der Waals surface area contributed by atoms with Gasteiger partial charge in [0.25, 0.3) is 0 Å². The van der Waals surface area contributed by atoms with Gasteiger partial charge in [-0.1, -0.05) is 84.9 Å². The molecule has 5 rings (SSSR count). The molecule has 0 spiro atoms. The second-order valence-corrected chi connectivity index (χ2v) is 13.7. The Morgan fingerprint density at radius 2 is 0.524 bits per heavy atom. The van der Waals surface area contributed by atoms with Crippen LogP contribution < -0.4 is 95.9 Å². The van der Waals surface area contributed by atoms with Crippen molar-refractivity contribution in [2.75, 3.05) is 80.5 Å². The highest BCUT2D eigenvalue weighted by molar-refractivity contribution is 5.21. The van der Waals surface area contributed by atoms with E-state index < -0.39 is 0 Å². The normalized spacial score (nSPS) is 28.7. The summed E-state index contributed by atoms with van der Waals surface area (Å²) >= 11 is 0. The third-order valence-electron chi connectivity index (χ3n) is 9.68. The molecule has 0 unspecified atom stereocenters. The Hall–Kier alpha value is 0.420. The van der Waals surface area contributed by atoms with Gasteiger partial charge < -0.3 is 114 Å². The molecule has 2 saturated heterocycles. The molecule has 0 saturated carbocycles. The van der Waals surface area contributed by atoms with Gasteiger partial charge in [0.1, 0.15) is 78.5 Å². The maximum atomic E-state index is 2.46. The lowest BCUT2D eigenvalue weighted by atomic mass is 10.1. The minimum Gasteiger partial charge on any atom is -1.00 e. The fourth-order valence-electron chi connectivity index (χ4n) is 6.69. The Labute approximate surface area is 324 Å². The first-order chi connectivity index (χ1) is 18.1. The van der Waals surface area contributed by atoms with Gasteiger partial charge in [-0.05, 0) is 0 Å². The minimum atomic E-state index is 0. The van der Waals surface area contributed by atoms with Gasteiger partial charge in [0.05, 0.1) is 28.2 Å². The van der Waals surface area contributed by atoms with Crippen LogP contribution >= 0.6 is 0 Å². The van der Waals surface area contributed by atoms with Crippen LogP contribution in [0.25, 0.3) is 0 Å². The van der Waals surface area contributed by atoms with Crippen LogP contribution in [0.4, 0.5) is 0 Å². The van der Waals surface area contributed by atoms with Gasteiger partial charge in [-0.25, -0.2) is 0 Å². The molecule has 0 N–H and O–H groups in total. The lowest BCUT2D eigenvalue weighted by Crippen LogP contribution is -3.00. The van der Waals surface area contributed by atoms with E-state index >= 15 is 0 Å². The number of nitrogens with zero attached hydrogens (tertiary/aromatic N) is 4. The predicted molar refractivity (Wildman–Crippen MR) is 158 cm³/mol. The van der Waals surface area contributed by atoms with Crippen molar-refractivity contribution in [3.63, 3.8) is 0 Å².